The zero-order valence-corrected chi connectivity index (χ0v) is 8.55. The minimum atomic E-state index is -0.205. The predicted octanol–water partition coefficient (Wildman–Crippen LogP) is 1.08. The molecule has 0 amide bonds. The number of rotatable bonds is 2. The van der Waals surface area contributed by atoms with Crippen LogP contribution in [0.15, 0.2) is 10.9 Å². The second-order valence-corrected chi connectivity index (χ2v) is 4.06. The van der Waals surface area contributed by atoms with Gasteiger partial charge in [-0.1, -0.05) is 0 Å². The van der Waals surface area contributed by atoms with E-state index in [4.69, 9.17) is 4.74 Å². The van der Waals surface area contributed by atoms with Crippen molar-refractivity contribution in [1.29, 1.82) is 0 Å². The molecule has 0 radical (unpaired) electrons. The van der Waals surface area contributed by atoms with Gasteiger partial charge in [0, 0.05) is 13.2 Å². The molecule has 0 aliphatic heterocycles. The van der Waals surface area contributed by atoms with E-state index >= 15 is 0 Å². The van der Waals surface area contributed by atoms with Crippen LogP contribution in [0.5, 0.6) is 0 Å². The van der Waals surface area contributed by atoms with Crippen molar-refractivity contribution in [2.24, 2.45) is 0 Å². The highest BCUT2D eigenvalue weighted by Gasteiger charge is 2.16. The highest BCUT2D eigenvalue weighted by molar-refractivity contribution is 4.99. The van der Waals surface area contributed by atoms with E-state index < -0.39 is 0 Å². The molecule has 1 N–H and O–H groups in total. The second-order valence-electron chi connectivity index (χ2n) is 4.06. The summed E-state index contributed by atoms with van der Waals surface area (Å²) in [5, 5.41) is 3.00. The molecule has 0 fully saturated rings. The van der Waals surface area contributed by atoms with Gasteiger partial charge in [-0.3, -0.25) is 9.89 Å². The molecule has 0 atom stereocenters. The Kier molecular flexibility index (Phi) is 2.61. The van der Waals surface area contributed by atoms with Gasteiger partial charge < -0.3 is 4.74 Å². The van der Waals surface area contributed by atoms with Crippen LogP contribution < -0.4 is 5.56 Å². The summed E-state index contributed by atoms with van der Waals surface area (Å²) in [4.78, 5) is 11.4. The Bertz CT molecular complexity index is 330. The summed E-state index contributed by atoms with van der Waals surface area (Å²) in [5.74, 6) is 0. The number of aromatic amines is 1. The molecule has 1 heterocycles. The van der Waals surface area contributed by atoms with Crippen molar-refractivity contribution in [2.75, 3.05) is 7.11 Å². The summed E-state index contributed by atoms with van der Waals surface area (Å²) in [5.41, 5.74) is 0.588. The van der Waals surface area contributed by atoms with Gasteiger partial charge in [0.2, 0.25) is 0 Å². The fraction of sp³-hybridized carbons (Fsp3) is 0.667. The fourth-order valence-electron chi connectivity index (χ4n) is 1.17. The monoisotopic (exact) mass is 184 g/mol. The Labute approximate surface area is 77.5 Å². The smallest absolute Gasteiger partial charge is 0.267 e. The number of hydrogen-bond donors (Lipinski definition) is 1. The standard InChI is InChI=1S/C9H16N2O2/c1-9(2,3)11-8(12)5-7(10-11)6-13-4/h5,10H,6H2,1-4H3. The Morgan fingerprint density at radius 2 is 2.15 bits per heavy atom. The first-order valence-corrected chi connectivity index (χ1v) is 4.25. The summed E-state index contributed by atoms with van der Waals surface area (Å²) in [7, 11) is 1.60. The molecule has 4 nitrogen and oxygen atoms in total. The van der Waals surface area contributed by atoms with Gasteiger partial charge in [0.15, 0.2) is 0 Å². The molecule has 1 aromatic heterocycles. The molecule has 0 saturated carbocycles. The molecule has 0 saturated heterocycles. The van der Waals surface area contributed by atoms with Crippen LogP contribution in [0, 0.1) is 0 Å². The molecule has 74 valence electrons. The van der Waals surface area contributed by atoms with E-state index in [-0.39, 0.29) is 11.1 Å². The average Bonchev–Trinajstić information content (AvgIpc) is 2.30. The van der Waals surface area contributed by atoms with Gasteiger partial charge in [0.25, 0.3) is 5.56 Å². The summed E-state index contributed by atoms with van der Waals surface area (Å²) in [6.07, 6.45) is 0. The Hall–Kier alpha value is -1.03. The molecule has 0 aromatic carbocycles. The molecule has 1 aromatic rings. The maximum Gasteiger partial charge on any atom is 0.267 e. The van der Waals surface area contributed by atoms with Gasteiger partial charge in [0.1, 0.15) is 0 Å². The summed E-state index contributed by atoms with van der Waals surface area (Å²) < 4.78 is 6.52. The number of hydrogen-bond acceptors (Lipinski definition) is 2. The van der Waals surface area contributed by atoms with Crippen molar-refractivity contribution >= 4 is 0 Å². The molecule has 0 unspecified atom stereocenters. The van der Waals surface area contributed by atoms with Gasteiger partial charge in [-0.25, -0.2) is 4.68 Å². The van der Waals surface area contributed by atoms with E-state index in [1.807, 2.05) is 20.8 Å². The summed E-state index contributed by atoms with van der Waals surface area (Å²) in [6.45, 7) is 6.36. The van der Waals surface area contributed by atoms with Gasteiger partial charge in [-0.15, -0.1) is 0 Å². The molecule has 4 heteroatoms. The first-order chi connectivity index (χ1) is 5.95. The first kappa shape index (κ1) is 10.1. The molecular formula is C9H16N2O2. The van der Waals surface area contributed by atoms with E-state index in [2.05, 4.69) is 5.10 Å². The maximum atomic E-state index is 11.4. The fourth-order valence-corrected chi connectivity index (χ4v) is 1.17. The number of methoxy groups -OCH3 is 1. The minimum Gasteiger partial charge on any atom is -0.378 e. The van der Waals surface area contributed by atoms with Gasteiger partial charge in [-0.05, 0) is 20.8 Å². The largest absolute Gasteiger partial charge is 0.378 e. The number of ether oxygens (including phenoxy) is 1. The topological polar surface area (TPSA) is 47.0 Å². The van der Waals surface area contributed by atoms with Crippen LogP contribution in [0.2, 0.25) is 0 Å². The van der Waals surface area contributed by atoms with E-state index in [9.17, 15) is 4.79 Å². The lowest BCUT2D eigenvalue weighted by Gasteiger charge is -2.19. The highest BCUT2D eigenvalue weighted by Crippen LogP contribution is 2.09. The van der Waals surface area contributed by atoms with E-state index in [0.717, 1.165) is 5.69 Å². The Morgan fingerprint density at radius 3 is 2.54 bits per heavy atom. The predicted molar refractivity (Wildman–Crippen MR) is 50.8 cm³/mol. The lowest BCUT2D eigenvalue weighted by Crippen LogP contribution is -2.32. The van der Waals surface area contributed by atoms with Gasteiger partial charge >= 0.3 is 0 Å². The van der Waals surface area contributed by atoms with Gasteiger partial charge in [0.05, 0.1) is 17.8 Å². The Morgan fingerprint density at radius 1 is 1.54 bits per heavy atom. The normalized spacial score (nSPS) is 12.0. The van der Waals surface area contributed by atoms with Crippen LogP contribution in [-0.2, 0) is 16.9 Å². The van der Waals surface area contributed by atoms with Crippen LogP contribution in [0.3, 0.4) is 0 Å². The second kappa shape index (κ2) is 3.38. The molecule has 1 rings (SSSR count). The van der Waals surface area contributed by atoms with Crippen LogP contribution in [0.4, 0.5) is 0 Å². The van der Waals surface area contributed by atoms with Crippen molar-refractivity contribution in [2.45, 2.75) is 32.9 Å². The van der Waals surface area contributed by atoms with E-state index in [0.29, 0.717) is 6.61 Å². The number of nitrogens with zero attached hydrogens (tertiary/aromatic N) is 1. The van der Waals surface area contributed by atoms with Crippen LogP contribution >= 0.6 is 0 Å². The zero-order chi connectivity index (χ0) is 10.1. The van der Waals surface area contributed by atoms with Gasteiger partial charge in [-0.2, -0.15) is 0 Å². The van der Waals surface area contributed by atoms with Crippen LogP contribution in [-0.4, -0.2) is 16.9 Å². The Balaban J connectivity index is 3.04. The average molecular weight is 184 g/mol. The molecule has 0 aliphatic carbocycles. The molecule has 0 bridgehead atoms. The molecule has 0 spiro atoms. The van der Waals surface area contributed by atoms with Crippen LogP contribution in [0.1, 0.15) is 26.5 Å². The number of aromatic nitrogens is 2. The number of H-pyrrole nitrogens is 1. The lowest BCUT2D eigenvalue weighted by molar-refractivity contribution is 0.179. The quantitative estimate of drug-likeness (QED) is 0.747. The lowest BCUT2D eigenvalue weighted by atomic mass is 10.1. The summed E-state index contributed by atoms with van der Waals surface area (Å²) >= 11 is 0. The minimum absolute atomic E-state index is 0.0143. The molecule has 13 heavy (non-hydrogen) atoms. The van der Waals surface area contributed by atoms with Crippen LogP contribution in [0.25, 0.3) is 0 Å². The third-order valence-electron chi connectivity index (χ3n) is 1.74. The third-order valence-corrected chi connectivity index (χ3v) is 1.74. The van der Waals surface area contributed by atoms with E-state index in [1.54, 1.807) is 17.9 Å². The zero-order valence-electron chi connectivity index (χ0n) is 8.55. The molecular weight excluding hydrogens is 168 g/mol. The maximum absolute atomic E-state index is 11.4. The first-order valence-electron chi connectivity index (χ1n) is 4.25. The number of nitrogens with one attached hydrogen (secondary N) is 1. The third kappa shape index (κ3) is 2.21. The van der Waals surface area contributed by atoms with Crippen molar-refractivity contribution in [3.05, 3.63) is 22.1 Å². The summed E-state index contributed by atoms with van der Waals surface area (Å²) in [6, 6.07) is 1.56. The van der Waals surface area contributed by atoms with Crippen molar-refractivity contribution < 1.29 is 4.74 Å². The van der Waals surface area contributed by atoms with Crippen molar-refractivity contribution in [1.82, 2.24) is 9.78 Å². The van der Waals surface area contributed by atoms with E-state index in [1.165, 1.54) is 0 Å². The highest BCUT2D eigenvalue weighted by atomic mass is 16.5. The van der Waals surface area contributed by atoms with Crippen molar-refractivity contribution in [3.63, 3.8) is 0 Å². The molecule has 0 aliphatic rings. The van der Waals surface area contributed by atoms with Crippen molar-refractivity contribution in [3.8, 4) is 0 Å². The SMILES string of the molecule is COCc1cc(=O)n(C(C)(C)C)[nH]1.